The van der Waals surface area contributed by atoms with Gasteiger partial charge in [0.05, 0.1) is 12.3 Å². The van der Waals surface area contributed by atoms with E-state index in [1.54, 1.807) is 0 Å². The molecule has 1 saturated heterocycles. The number of aliphatic hydroxyl groups excluding tert-OH is 1. The van der Waals surface area contributed by atoms with Crippen LogP contribution in [0.25, 0.3) is 0 Å². The molecule has 2 aromatic rings. The highest BCUT2D eigenvalue weighted by atomic mass is 19.1. The van der Waals surface area contributed by atoms with E-state index in [4.69, 9.17) is 9.47 Å². The van der Waals surface area contributed by atoms with E-state index in [9.17, 15) is 28.2 Å². The number of nitrogens with zero attached hydrogens (tertiary/aromatic N) is 1. The number of piperidine rings is 1. The summed E-state index contributed by atoms with van der Waals surface area (Å²) < 4.78 is 54.4. The number of β-amino-alcohol motifs (C(OH)–C–C–N with tert-alkyl or cyclic N) is 1. The van der Waals surface area contributed by atoms with Gasteiger partial charge < -0.3 is 29.9 Å². The first-order chi connectivity index (χ1) is 16.2. The van der Waals surface area contributed by atoms with Crippen LogP contribution in [0, 0.1) is 17.5 Å². The second-order valence-electron chi connectivity index (χ2n) is 8.64. The van der Waals surface area contributed by atoms with Crippen molar-refractivity contribution in [3.63, 3.8) is 0 Å². The molecule has 1 amide bonds. The Morgan fingerprint density at radius 2 is 1.88 bits per heavy atom. The number of ether oxygens (including phenoxy) is 2. The van der Waals surface area contributed by atoms with Crippen LogP contribution in [0.1, 0.15) is 31.7 Å². The van der Waals surface area contributed by atoms with Gasteiger partial charge in [0.25, 0.3) is 0 Å². The van der Waals surface area contributed by atoms with E-state index in [2.05, 4.69) is 5.32 Å². The number of carbonyl (C=O) groups is 1. The molecule has 0 unspecified atom stereocenters. The molecule has 0 aliphatic carbocycles. The fourth-order valence-corrected chi connectivity index (χ4v) is 4.25. The molecule has 0 saturated carbocycles. The molecule has 0 aromatic heterocycles. The number of carbonyl (C=O) groups excluding carboxylic acids is 1. The van der Waals surface area contributed by atoms with Crippen LogP contribution in [0.2, 0.25) is 0 Å². The molecule has 1 fully saturated rings. The summed E-state index contributed by atoms with van der Waals surface area (Å²) in [5, 5.41) is 24.1. The van der Waals surface area contributed by atoms with Crippen molar-refractivity contribution in [3.8, 4) is 11.5 Å². The third-order valence-electron chi connectivity index (χ3n) is 6.17. The second kappa shape index (κ2) is 9.71. The molecule has 4 rings (SSSR count). The van der Waals surface area contributed by atoms with E-state index in [0.717, 1.165) is 18.2 Å². The summed E-state index contributed by atoms with van der Waals surface area (Å²) in [6.07, 6.45) is -0.249. The van der Waals surface area contributed by atoms with Gasteiger partial charge in [0.15, 0.2) is 11.6 Å². The summed E-state index contributed by atoms with van der Waals surface area (Å²) in [4.78, 5) is 12.9. The Balaban J connectivity index is 1.45. The summed E-state index contributed by atoms with van der Waals surface area (Å²) in [6.45, 7) is 1.74. The van der Waals surface area contributed by atoms with Crippen LogP contribution in [0.4, 0.5) is 24.5 Å². The molecular weight excluding hydrogens is 453 g/mol. The average molecular weight is 480 g/mol. The Hall–Kier alpha value is -2.98. The zero-order chi connectivity index (χ0) is 24.5. The van der Waals surface area contributed by atoms with E-state index in [0.29, 0.717) is 24.3 Å². The molecule has 2 aliphatic rings. The molecule has 0 bridgehead atoms. The van der Waals surface area contributed by atoms with Crippen molar-refractivity contribution >= 4 is 17.3 Å². The smallest absolute Gasteiger partial charge is 0.224 e. The van der Waals surface area contributed by atoms with Gasteiger partial charge in [-0.05, 0) is 31.4 Å². The highest BCUT2D eigenvalue weighted by molar-refractivity contribution is 5.94. The Labute approximate surface area is 195 Å². The lowest BCUT2D eigenvalue weighted by molar-refractivity contribution is -0.116. The van der Waals surface area contributed by atoms with Gasteiger partial charge in [-0.1, -0.05) is 6.92 Å². The van der Waals surface area contributed by atoms with E-state index in [1.165, 1.54) is 11.0 Å². The van der Waals surface area contributed by atoms with Gasteiger partial charge in [0, 0.05) is 37.2 Å². The van der Waals surface area contributed by atoms with Crippen molar-refractivity contribution in [3.05, 3.63) is 47.3 Å². The fourth-order valence-electron chi connectivity index (χ4n) is 4.25. The van der Waals surface area contributed by atoms with Crippen molar-refractivity contribution in [2.75, 3.05) is 36.5 Å². The molecule has 3 N–H and O–H groups in total. The molecule has 2 aromatic carbocycles. The average Bonchev–Trinajstić information content (AvgIpc) is 2.79. The van der Waals surface area contributed by atoms with Crippen molar-refractivity contribution in [1.82, 2.24) is 0 Å². The molecule has 34 heavy (non-hydrogen) atoms. The Kier molecular flexibility index (Phi) is 6.90. The second-order valence-corrected chi connectivity index (χ2v) is 8.64. The number of amides is 1. The van der Waals surface area contributed by atoms with Gasteiger partial charge in [-0.15, -0.1) is 0 Å². The SMILES string of the molecule is CCCOc1cc(F)c(N2CC[C@@](O)(COc3ccc(F)c4c3CCC(=O)N4)[C@H](O)C2)c(F)c1. The number of nitrogens with one attached hydrogen (secondary N) is 1. The Morgan fingerprint density at radius 1 is 1.15 bits per heavy atom. The lowest BCUT2D eigenvalue weighted by Crippen LogP contribution is -2.58. The van der Waals surface area contributed by atoms with Gasteiger partial charge >= 0.3 is 0 Å². The number of rotatable bonds is 7. The van der Waals surface area contributed by atoms with Gasteiger partial charge in [-0.25, -0.2) is 13.2 Å². The molecule has 0 radical (unpaired) electrons. The largest absolute Gasteiger partial charge is 0.493 e. The zero-order valence-corrected chi connectivity index (χ0v) is 18.7. The minimum Gasteiger partial charge on any atom is -0.493 e. The molecular formula is C24H27F3N2O5. The third kappa shape index (κ3) is 4.78. The highest BCUT2D eigenvalue weighted by Gasteiger charge is 2.43. The minimum atomic E-state index is -1.69. The molecule has 184 valence electrons. The standard InChI is InChI=1S/C24H27F3N2O5/c1-2-9-33-14-10-17(26)23(18(27)11-14)29-8-7-24(32,20(30)12-29)13-34-19-5-4-16(25)22-15(19)3-6-21(31)28-22/h4-5,10-11,20,30,32H,2-3,6-9,12-13H2,1H3,(H,28,31)/t20-,24-/m1/s1. The number of aliphatic hydroxyl groups is 2. The molecule has 7 nitrogen and oxygen atoms in total. The number of fused-ring (bicyclic) bond motifs is 1. The van der Waals surface area contributed by atoms with Crippen LogP contribution < -0.4 is 19.7 Å². The Bertz CT molecular complexity index is 1060. The van der Waals surface area contributed by atoms with Crippen molar-refractivity contribution < 1.29 is 37.7 Å². The predicted molar refractivity (Wildman–Crippen MR) is 119 cm³/mol. The number of hydrogen-bond acceptors (Lipinski definition) is 6. The number of hydrogen-bond donors (Lipinski definition) is 3. The summed E-state index contributed by atoms with van der Waals surface area (Å²) in [5.41, 5.74) is -1.46. The van der Waals surface area contributed by atoms with Gasteiger partial charge in [0.1, 0.15) is 41.3 Å². The first-order valence-electron chi connectivity index (χ1n) is 11.2. The van der Waals surface area contributed by atoms with Crippen molar-refractivity contribution in [2.45, 2.75) is 44.3 Å². The number of benzene rings is 2. The number of anilines is 2. The lowest BCUT2D eigenvalue weighted by Gasteiger charge is -2.42. The first kappa shape index (κ1) is 24.2. The Morgan fingerprint density at radius 3 is 2.56 bits per heavy atom. The van der Waals surface area contributed by atoms with E-state index in [-0.39, 0.29) is 62.0 Å². The molecule has 2 atom stereocenters. The quantitative estimate of drug-likeness (QED) is 0.564. The molecule has 2 heterocycles. The summed E-state index contributed by atoms with van der Waals surface area (Å²) in [6, 6.07) is 4.76. The van der Waals surface area contributed by atoms with Crippen LogP contribution in [-0.2, 0) is 11.2 Å². The van der Waals surface area contributed by atoms with Gasteiger partial charge in [0.2, 0.25) is 5.91 Å². The van der Waals surface area contributed by atoms with E-state index >= 15 is 0 Å². The van der Waals surface area contributed by atoms with Gasteiger partial charge in [-0.3, -0.25) is 4.79 Å². The van der Waals surface area contributed by atoms with Crippen molar-refractivity contribution in [2.24, 2.45) is 0 Å². The third-order valence-corrected chi connectivity index (χ3v) is 6.17. The van der Waals surface area contributed by atoms with Crippen LogP contribution in [0.3, 0.4) is 0 Å². The maximum Gasteiger partial charge on any atom is 0.224 e. The monoisotopic (exact) mass is 480 g/mol. The zero-order valence-electron chi connectivity index (χ0n) is 18.7. The minimum absolute atomic E-state index is 0.0265. The first-order valence-corrected chi connectivity index (χ1v) is 11.2. The highest BCUT2D eigenvalue weighted by Crippen LogP contribution is 2.36. The summed E-state index contributed by atoms with van der Waals surface area (Å²) >= 11 is 0. The molecule has 0 spiro atoms. The van der Waals surface area contributed by atoms with E-state index < -0.39 is 29.2 Å². The van der Waals surface area contributed by atoms with Gasteiger partial charge in [-0.2, -0.15) is 0 Å². The topological polar surface area (TPSA) is 91.3 Å². The van der Waals surface area contributed by atoms with Crippen molar-refractivity contribution in [1.29, 1.82) is 0 Å². The van der Waals surface area contributed by atoms with Crippen LogP contribution in [0.5, 0.6) is 11.5 Å². The lowest BCUT2D eigenvalue weighted by atomic mass is 9.89. The summed E-state index contributed by atoms with van der Waals surface area (Å²) in [5.74, 6) is -2.15. The normalized spacial score (nSPS) is 22.2. The maximum atomic E-state index is 14.6. The van der Waals surface area contributed by atoms with Crippen LogP contribution in [-0.4, -0.2) is 54.1 Å². The predicted octanol–water partition coefficient (Wildman–Crippen LogP) is 3.16. The van der Waals surface area contributed by atoms with Crippen LogP contribution in [0.15, 0.2) is 24.3 Å². The summed E-state index contributed by atoms with van der Waals surface area (Å²) in [7, 11) is 0. The van der Waals surface area contributed by atoms with E-state index in [1.807, 2.05) is 6.92 Å². The molecule has 10 heteroatoms. The van der Waals surface area contributed by atoms with Crippen LogP contribution >= 0.6 is 0 Å². The number of halogens is 3. The fraction of sp³-hybridized carbons (Fsp3) is 0.458. The molecule has 2 aliphatic heterocycles. The maximum absolute atomic E-state index is 14.6.